The summed E-state index contributed by atoms with van der Waals surface area (Å²) in [7, 11) is 0. The van der Waals surface area contributed by atoms with Crippen LogP contribution in [0.2, 0.25) is 5.02 Å². The van der Waals surface area contributed by atoms with Gasteiger partial charge in [0.05, 0.1) is 5.41 Å². The van der Waals surface area contributed by atoms with E-state index in [1.54, 1.807) is 25.1 Å². The number of hydrogen-bond donors (Lipinski definition) is 2. The van der Waals surface area contributed by atoms with Gasteiger partial charge in [0, 0.05) is 11.6 Å². The highest BCUT2D eigenvalue weighted by Crippen LogP contribution is 2.23. The van der Waals surface area contributed by atoms with Gasteiger partial charge in [-0.1, -0.05) is 23.7 Å². The second-order valence-electron chi connectivity index (χ2n) is 3.88. The average Bonchev–Trinajstić information content (AvgIpc) is 2.17. The molecule has 0 radical (unpaired) electrons. The number of hydrogen-bond acceptors (Lipinski definition) is 2. The van der Waals surface area contributed by atoms with Crippen molar-refractivity contribution >= 4 is 17.6 Å². The van der Waals surface area contributed by atoms with Crippen molar-refractivity contribution < 1.29 is 9.90 Å². The van der Waals surface area contributed by atoms with Crippen LogP contribution < -0.4 is 5.73 Å². The number of rotatable bonds is 4. The van der Waals surface area contributed by atoms with Crippen LogP contribution in [0.5, 0.6) is 0 Å². The molecule has 3 nitrogen and oxygen atoms in total. The summed E-state index contributed by atoms with van der Waals surface area (Å²) in [5.41, 5.74) is 5.44. The zero-order chi connectivity index (χ0) is 11.5. The molecule has 0 aromatic heterocycles. The van der Waals surface area contributed by atoms with Crippen LogP contribution in [0.15, 0.2) is 24.3 Å². The first-order chi connectivity index (χ1) is 6.98. The maximum atomic E-state index is 11.0. The molecular formula is C11H14ClNO2. The number of carboxylic acid groups (broad SMARTS) is 1. The summed E-state index contributed by atoms with van der Waals surface area (Å²) in [5, 5.41) is 9.66. The van der Waals surface area contributed by atoms with E-state index < -0.39 is 11.4 Å². The Bertz CT molecular complexity index is 367. The van der Waals surface area contributed by atoms with Crippen LogP contribution in [-0.2, 0) is 11.2 Å². The molecule has 1 aromatic carbocycles. The van der Waals surface area contributed by atoms with E-state index in [1.165, 1.54) is 0 Å². The van der Waals surface area contributed by atoms with E-state index in [0.717, 1.165) is 5.56 Å². The fraction of sp³-hybridized carbons (Fsp3) is 0.364. The van der Waals surface area contributed by atoms with Crippen molar-refractivity contribution in [3.63, 3.8) is 0 Å². The van der Waals surface area contributed by atoms with Crippen molar-refractivity contribution in [3.05, 3.63) is 34.9 Å². The van der Waals surface area contributed by atoms with Crippen molar-refractivity contribution in [2.24, 2.45) is 11.1 Å². The highest BCUT2D eigenvalue weighted by Gasteiger charge is 2.31. The Kier molecular flexibility index (Phi) is 3.72. The molecular weight excluding hydrogens is 214 g/mol. The Morgan fingerprint density at radius 2 is 2.27 bits per heavy atom. The summed E-state index contributed by atoms with van der Waals surface area (Å²) in [5.74, 6) is -0.884. The summed E-state index contributed by atoms with van der Waals surface area (Å²) in [6.45, 7) is 1.74. The second-order valence-corrected chi connectivity index (χ2v) is 4.31. The van der Waals surface area contributed by atoms with E-state index in [-0.39, 0.29) is 6.54 Å². The molecule has 0 spiro atoms. The van der Waals surface area contributed by atoms with Crippen LogP contribution in [0.3, 0.4) is 0 Å². The zero-order valence-electron chi connectivity index (χ0n) is 8.53. The third-order valence-corrected chi connectivity index (χ3v) is 2.69. The van der Waals surface area contributed by atoms with Crippen LogP contribution in [0.1, 0.15) is 12.5 Å². The van der Waals surface area contributed by atoms with Gasteiger partial charge in [0.1, 0.15) is 0 Å². The lowest BCUT2D eigenvalue weighted by Crippen LogP contribution is -2.37. The quantitative estimate of drug-likeness (QED) is 0.826. The Morgan fingerprint density at radius 3 is 2.73 bits per heavy atom. The smallest absolute Gasteiger partial charge is 0.310 e. The van der Waals surface area contributed by atoms with Crippen LogP contribution in [0.4, 0.5) is 0 Å². The van der Waals surface area contributed by atoms with Gasteiger partial charge in [0.15, 0.2) is 0 Å². The Labute approximate surface area is 93.9 Å². The van der Waals surface area contributed by atoms with E-state index in [0.29, 0.717) is 11.4 Å². The van der Waals surface area contributed by atoms with E-state index >= 15 is 0 Å². The maximum absolute atomic E-state index is 11.0. The fourth-order valence-electron chi connectivity index (χ4n) is 1.33. The Morgan fingerprint density at radius 1 is 1.60 bits per heavy atom. The van der Waals surface area contributed by atoms with Gasteiger partial charge in [0.25, 0.3) is 0 Å². The molecule has 15 heavy (non-hydrogen) atoms. The maximum Gasteiger partial charge on any atom is 0.310 e. The summed E-state index contributed by atoms with van der Waals surface area (Å²) in [6, 6.07) is 7.17. The minimum absolute atomic E-state index is 0.106. The Hall–Kier alpha value is -1.06. The third-order valence-electron chi connectivity index (χ3n) is 2.45. The van der Waals surface area contributed by atoms with E-state index in [1.807, 2.05) is 6.07 Å². The summed E-state index contributed by atoms with van der Waals surface area (Å²) in [6.07, 6.45) is 0.388. The van der Waals surface area contributed by atoms with Crippen LogP contribution >= 0.6 is 11.6 Å². The van der Waals surface area contributed by atoms with Gasteiger partial charge in [-0.25, -0.2) is 0 Å². The highest BCUT2D eigenvalue weighted by molar-refractivity contribution is 6.30. The summed E-state index contributed by atoms with van der Waals surface area (Å²) in [4.78, 5) is 11.0. The first kappa shape index (κ1) is 12.0. The van der Waals surface area contributed by atoms with Crippen molar-refractivity contribution in [1.82, 2.24) is 0 Å². The molecule has 0 aliphatic heterocycles. The lowest BCUT2D eigenvalue weighted by Gasteiger charge is -2.22. The lowest BCUT2D eigenvalue weighted by atomic mass is 9.84. The third kappa shape index (κ3) is 2.94. The molecule has 0 bridgehead atoms. The normalized spacial score (nSPS) is 14.6. The molecule has 0 fully saturated rings. The van der Waals surface area contributed by atoms with Crippen molar-refractivity contribution in [1.29, 1.82) is 0 Å². The first-order valence-electron chi connectivity index (χ1n) is 4.66. The lowest BCUT2D eigenvalue weighted by molar-refractivity contribution is -0.147. The average molecular weight is 228 g/mol. The molecule has 0 saturated heterocycles. The second kappa shape index (κ2) is 4.64. The minimum atomic E-state index is -0.926. The number of carboxylic acids is 1. The molecule has 0 heterocycles. The minimum Gasteiger partial charge on any atom is -0.481 e. The molecule has 3 N–H and O–H groups in total. The molecule has 0 amide bonds. The van der Waals surface area contributed by atoms with Gasteiger partial charge in [-0.3, -0.25) is 4.79 Å². The van der Waals surface area contributed by atoms with Gasteiger partial charge in [-0.15, -0.1) is 0 Å². The largest absolute Gasteiger partial charge is 0.481 e. The van der Waals surface area contributed by atoms with Gasteiger partial charge in [-0.05, 0) is 31.0 Å². The highest BCUT2D eigenvalue weighted by atomic mass is 35.5. The fourth-order valence-corrected chi connectivity index (χ4v) is 1.55. The predicted octanol–water partition coefficient (Wildman–Crippen LogP) is 1.93. The van der Waals surface area contributed by atoms with Crippen LogP contribution in [-0.4, -0.2) is 17.6 Å². The van der Waals surface area contributed by atoms with Crippen molar-refractivity contribution in [3.8, 4) is 0 Å². The van der Waals surface area contributed by atoms with E-state index in [2.05, 4.69) is 0 Å². The van der Waals surface area contributed by atoms with Gasteiger partial charge in [0.2, 0.25) is 0 Å². The molecule has 0 saturated carbocycles. The predicted molar refractivity (Wildman–Crippen MR) is 60.0 cm³/mol. The van der Waals surface area contributed by atoms with E-state index in [9.17, 15) is 4.79 Å². The topological polar surface area (TPSA) is 63.3 Å². The SMILES string of the molecule is CC(CN)(Cc1cccc(Cl)c1)C(=O)O. The number of nitrogens with two attached hydrogens (primary N) is 1. The van der Waals surface area contributed by atoms with Crippen LogP contribution in [0.25, 0.3) is 0 Å². The molecule has 1 atom stereocenters. The number of carbonyl (C=O) groups is 1. The number of aliphatic carboxylic acids is 1. The number of halogens is 1. The van der Waals surface area contributed by atoms with Crippen molar-refractivity contribution in [2.75, 3.05) is 6.54 Å². The van der Waals surface area contributed by atoms with Crippen molar-refractivity contribution in [2.45, 2.75) is 13.3 Å². The van der Waals surface area contributed by atoms with Gasteiger partial charge in [-0.2, -0.15) is 0 Å². The summed E-state index contributed by atoms with van der Waals surface area (Å²) < 4.78 is 0. The van der Waals surface area contributed by atoms with Gasteiger partial charge >= 0.3 is 5.97 Å². The molecule has 82 valence electrons. The molecule has 1 rings (SSSR count). The molecule has 1 unspecified atom stereocenters. The molecule has 4 heteroatoms. The number of benzene rings is 1. The summed E-state index contributed by atoms with van der Waals surface area (Å²) >= 11 is 5.82. The van der Waals surface area contributed by atoms with Gasteiger partial charge < -0.3 is 10.8 Å². The molecule has 0 aliphatic carbocycles. The molecule has 0 aliphatic rings. The monoisotopic (exact) mass is 227 g/mol. The Balaban J connectivity index is 2.89. The molecule has 1 aromatic rings. The van der Waals surface area contributed by atoms with Crippen LogP contribution in [0, 0.1) is 5.41 Å². The van der Waals surface area contributed by atoms with E-state index in [4.69, 9.17) is 22.4 Å². The standard InChI is InChI=1S/C11H14ClNO2/c1-11(7-13,10(14)15)6-8-3-2-4-9(12)5-8/h2-5H,6-7,13H2,1H3,(H,14,15). The zero-order valence-corrected chi connectivity index (χ0v) is 9.29. The first-order valence-corrected chi connectivity index (χ1v) is 5.03.